The Morgan fingerprint density at radius 3 is 2.43 bits per heavy atom. The van der Waals surface area contributed by atoms with E-state index in [0.717, 1.165) is 16.5 Å². The number of fused-ring (bicyclic) bond motifs is 1. The van der Waals surface area contributed by atoms with Gasteiger partial charge in [0, 0.05) is 35.6 Å². The van der Waals surface area contributed by atoms with Crippen LogP contribution in [0.25, 0.3) is 10.9 Å². The van der Waals surface area contributed by atoms with Gasteiger partial charge in [-0.3, -0.25) is 4.79 Å². The number of nitrogens with zero attached hydrogens (tertiary/aromatic N) is 1. The molecule has 2 rings (SSSR count). The minimum Gasteiger partial charge on any atom is -0.480 e. The molecule has 2 aromatic rings. The summed E-state index contributed by atoms with van der Waals surface area (Å²) < 4.78 is 1.94. The molecule has 1 atom stereocenters. The largest absolute Gasteiger partial charge is 0.480 e. The monoisotopic (exact) mass is 312 g/mol. The third-order valence-corrected chi connectivity index (χ3v) is 3.03. The predicted octanol–water partition coefficient (Wildman–Crippen LogP) is 3.84. The van der Waals surface area contributed by atoms with Gasteiger partial charge >= 0.3 is 5.97 Å². The van der Waals surface area contributed by atoms with Crippen molar-refractivity contribution in [3.05, 3.63) is 35.0 Å². The second kappa shape index (κ2) is 9.42. The van der Waals surface area contributed by atoms with Gasteiger partial charge in [0.2, 0.25) is 0 Å². The van der Waals surface area contributed by atoms with Crippen LogP contribution in [0.15, 0.2) is 24.4 Å². The van der Waals surface area contributed by atoms with Crippen molar-refractivity contribution >= 4 is 28.5 Å². The molecule has 0 fully saturated rings. The summed E-state index contributed by atoms with van der Waals surface area (Å²) in [7, 11) is 1.91. The van der Waals surface area contributed by atoms with Crippen molar-refractivity contribution in [1.29, 1.82) is 0 Å². The van der Waals surface area contributed by atoms with E-state index in [1.807, 2.05) is 63.7 Å². The fourth-order valence-electron chi connectivity index (χ4n) is 1.93. The molecule has 0 radical (unpaired) electrons. The van der Waals surface area contributed by atoms with Crippen LogP contribution >= 0.6 is 11.6 Å². The van der Waals surface area contributed by atoms with Crippen molar-refractivity contribution in [3.8, 4) is 0 Å². The number of aliphatic carboxylic acids is 1. The molecule has 0 saturated heterocycles. The summed E-state index contributed by atoms with van der Waals surface area (Å²) in [5, 5.41) is 10.4. The van der Waals surface area contributed by atoms with E-state index in [4.69, 9.17) is 22.4 Å². The van der Waals surface area contributed by atoms with E-state index in [2.05, 4.69) is 0 Å². The van der Waals surface area contributed by atoms with Crippen LogP contribution in [-0.4, -0.2) is 21.7 Å². The first-order chi connectivity index (χ1) is 9.99. The molecule has 5 heteroatoms. The molecule has 0 aliphatic heterocycles. The summed E-state index contributed by atoms with van der Waals surface area (Å²) in [6.07, 6.45) is 2.19. The zero-order valence-electron chi connectivity index (χ0n) is 13.4. The molecule has 1 unspecified atom stereocenters. The fourth-order valence-corrected chi connectivity index (χ4v) is 2.10. The van der Waals surface area contributed by atoms with E-state index in [-0.39, 0.29) is 0 Å². The molecule has 0 spiro atoms. The van der Waals surface area contributed by atoms with E-state index in [0.29, 0.717) is 11.4 Å². The Balaban J connectivity index is 0.000000921. The molecule has 0 aliphatic carbocycles. The van der Waals surface area contributed by atoms with Crippen molar-refractivity contribution in [2.24, 2.45) is 12.8 Å². The number of halogens is 1. The summed E-state index contributed by atoms with van der Waals surface area (Å²) in [6.45, 7) is 8.00. The summed E-state index contributed by atoms with van der Waals surface area (Å²) >= 11 is 5.94. The Kier molecular flexibility index (Phi) is 8.74. The van der Waals surface area contributed by atoms with Gasteiger partial charge in [0.25, 0.3) is 0 Å². The Hall–Kier alpha value is -1.52. The van der Waals surface area contributed by atoms with Crippen LogP contribution < -0.4 is 5.73 Å². The molecule has 1 aromatic carbocycles. The number of hydrogen-bond donors (Lipinski definition) is 2. The highest BCUT2D eigenvalue weighted by Gasteiger charge is 2.15. The Labute approximate surface area is 131 Å². The third-order valence-electron chi connectivity index (χ3n) is 2.79. The quantitative estimate of drug-likeness (QED) is 0.904. The lowest BCUT2D eigenvalue weighted by atomic mass is 10.1. The Morgan fingerprint density at radius 1 is 1.33 bits per heavy atom. The molecule has 3 N–H and O–H groups in total. The van der Waals surface area contributed by atoms with E-state index < -0.39 is 12.0 Å². The van der Waals surface area contributed by atoms with Gasteiger partial charge in [0.15, 0.2) is 0 Å². The lowest BCUT2D eigenvalue weighted by molar-refractivity contribution is -0.138. The first-order valence-corrected chi connectivity index (χ1v) is 7.58. The predicted molar refractivity (Wildman–Crippen MR) is 89.9 cm³/mol. The maximum Gasteiger partial charge on any atom is 0.320 e. The highest BCUT2D eigenvalue weighted by Crippen LogP contribution is 2.25. The van der Waals surface area contributed by atoms with Gasteiger partial charge < -0.3 is 15.4 Å². The Morgan fingerprint density at radius 2 is 1.90 bits per heavy atom. The van der Waals surface area contributed by atoms with E-state index in [1.165, 1.54) is 0 Å². The molecule has 118 valence electrons. The average Bonchev–Trinajstić information content (AvgIpc) is 2.79. The lowest BCUT2D eigenvalue weighted by Gasteiger charge is -2.04. The molecule has 1 heterocycles. The van der Waals surface area contributed by atoms with E-state index >= 15 is 0 Å². The highest BCUT2D eigenvalue weighted by atomic mass is 35.5. The van der Waals surface area contributed by atoms with Gasteiger partial charge in [-0.1, -0.05) is 39.3 Å². The number of aryl methyl sites for hydroxylation is 1. The molecule has 1 aromatic heterocycles. The van der Waals surface area contributed by atoms with Crippen molar-refractivity contribution in [3.63, 3.8) is 0 Å². The maximum absolute atomic E-state index is 10.8. The first-order valence-electron chi connectivity index (χ1n) is 7.21. The van der Waals surface area contributed by atoms with Crippen molar-refractivity contribution in [2.75, 3.05) is 0 Å². The summed E-state index contributed by atoms with van der Waals surface area (Å²) in [5.41, 5.74) is 7.46. The smallest absolute Gasteiger partial charge is 0.320 e. The number of aromatic nitrogens is 1. The van der Waals surface area contributed by atoms with Crippen molar-refractivity contribution in [2.45, 2.75) is 40.2 Å². The van der Waals surface area contributed by atoms with Gasteiger partial charge in [-0.05, 0) is 23.8 Å². The zero-order chi connectivity index (χ0) is 16.6. The van der Waals surface area contributed by atoms with Crippen LogP contribution in [0.3, 0.4) is 0 Å². The van der Waals surface area contributed by atoms with Gasteiger partial charge in [0.1, 0.15) is 6.04 Å². The fraction of sp³-hybridized carbons (Fsp3) is 0.438. The SMILES string of the molecule is CC.CC.Cn1cc(CC(N)C(=O)O)c2cc(Cl)ccc21. The first kappa shape index (κ1) is 19.5. The molecular weight excluding hydrogens is 288 g/mol. The number of rotatable bonds is 3. The number of carbonyl (C=O) groups is 1. The number of nitrogens with two attached hydrogens (primary N) is 1. The topological polar surface area (TPSA) is 68.2 Å². The molecule has 0 bridgehead atoms. The third kappa shape index (κ3) is 5.06. The Bertz CT molecular complexity index is 579. The zero-order valence-corrected chi connectivity index (χ0v) is 14.1. The molecular formula is C16H25ClN2O2. The van der Waals surface area contributed by atoms with Gasteiger partial charge in [0.05, 0.1) is 0 Å². The van der Waals surface area contributed by atoms with E-state index in [1.54, 1.807) is 0 Å². The molecule has 0 aliphatic rings. The number of hydrogen-bond acceptors (Lipinski definition) is 2. The minimum atomic E-state index is -0.996. The minimum absolute atomic E-state index is 0.299. The highest BCUT2D eigenvalue weighted by molar-refractivity contribution is 6.31. The van der Waals surface area contributed by atoms with Gasteiger partial charge in [-0.25, -0.2) is 0 Å². The van der Waals surface area contributed by atoms with Crippen LogP contribution in [0, 0.1) is 0 Å². The van der Waals surface area contributed by atoms with Crippen LogP contribution in [0.5, 0.6) is 0 Å². The maximum atomic E-state index is 10.8. The van der Waals surface area contributed by atoms with Crippen LogP contribution in [0.2, 0.25) is 5.02 Å². The van der Waals surface area contributed by atoms with Crippen LogP contribution in [0.1, 0.15) is 33.3 Å². The standard InChI is InChI=1S/C12H13ClN2O2.2C2H6/c1-15-6-7(4-10(14)12(16)17)9-5-8(13)2-3-11(9)15;2*1-2/h2-3,5-6,10H,4,14H2,1H3,(H,16,17);2*1-2H3. The summed E-state index contributed by atoms with van der Waals surface area (Å²) in [4.78, 5) is 10.8. The number of benzene rings is 1. The normalized spacial score (nSPS) is 11.0. The average molecular weight is 313 g/mol. The van der Waals surface area contributed by atoms with Crippen LogP contribution in [0.4, 0.5) is 0 Å². The summed E-state index contributed by atoms with van der Waals surface area (Å²) in [6, 6.07) is 4.67. The summed E-state index contributed by atoms with van der Waals surface area (Å²) in [5.74, 6) is -0.996. The molecule has 4 nitrogen and oxygen atoms in total. The molecule has 0 saturated carbocycles. The second-order valence-corrected chi connectivity index (χ2v) is 4.51. The molecule has 21 heavy (non-hydrogen) atoms. The second-order valence-electron chi connectivity index (χ2n) is 4.08. The van der Waals surface area contributed by atoms with Crippen molar-refractivity contribution in [1.82, 2.24) is 4.57 Å². The van der Waals surface area contributed by atoms with Crippen molar-refractivity contribution < 1.29 is 9.90 Å². The van der Waals surface area contributed by atoms with Gasteiger partial charge in [-0.15, -0.1) is 0 Å². The molecule has 0 amide bonds. The lowest BCUT2D eigenvalue weighted by Crippen LogP contribution is -2.32. The van der Waals surface area contributed by atoms with E-state index in [9.17, 15) is 4.79 Å². The van der Waals surface area contributed by atoms with Crippen LogP contribution in [-0.2, 0) is 18.3 Å². The number of carboxylic acid groups (broad SMARTS) is 1. The number of carboxylic acids is 1. The van der Waals surface area contributed by atoms with Gasteiger partial charge in [-0.2, -0.15) is 0 Å².